The fourth-order valence-corrected chi connectivity index (χ4v) is 14.9. The number of nitrogens with one attached hydrogen (secondary N) is 2. The Hall–Kier alpha value is -11.4. The lowest BCUT2D eigenvalue weighted by atomic mass is 9.85. The Bertz CT molecular complexity index is 5000. The highest BCUT2D eigenvalue weighted by Crippen LogP contribution is 2.45. The normalized spacial score (nSPS) is 19.7. The van der Waals surface area contributed by atoms with Crippen LogP contribution in [0.25, 0.3) is 44.8 Å². The van der Waals surface area contributed by atoms with E-state index in [-0.39, 0.29) is 47.5 Å². The van der Waals surface area contributed by atoms with Gasteiger partial charge in [0.05, 0.1) is 35.3 Å². The van der Waals surface area contributed by atoms with Crippen molar-refractivity contribution in [2.45, 2.75) is 52.4 Å². The van der Waals surface area contributed by atoms with Gasteiger partial charge in [-0.1, -0.05) is 48.6 Å². The number of hydrogen-bond acceptors (Lipinski definition) is 18. The number of aromatic nitrogens is 4. The van der Waals surface area contributed by atoms with Gasteiger partial charge >= 0.3 is 5.76 Å². The van der Waals surface area contributed by atoms with Crippen molar-refractivity contribution in [1.29, 1.82) is 10.8 Å². The number of oxazole rings is 2. The number of anilines is 4. The van der Waals surface area contributed by atoms with E-state index in [1.807, 2.05) is 118 Å². The van der Waals surface area contributed by atoms with Gasteiger partial charge in [-0.3, -0.25) is 44.8 Å². The van der Waals surface area contributed by atoms with E-state index < -0.39 is 16.6 Å². The van der Waals surface area contributed by atoms with Gasteiger partial charge in [-0.2, -0.15) is 4.68 Å². The summed E-state index contributed by atoms with van der Waals surface area (Å²) in [5.41, 5.74) is 31.7. The molecule has 6 aliphatic heterocycles. The number of rotatable bonds is 15. The molecule has 2 spiro atoms. The molecule has 4 saturated heterocycles. The first kappa shape index (κ1) is 66.8. The second-order valence-corrected chi connectivity index (χ2v) is 27.0. The molecule has 6 aromatic carbocycles. The van der Waals surface area contributed by atoms with Gasteiger partial charge in [-0.05, 0) is 159 Å². The molecule has 3 aromatic heterocycles. The molecule has 0 aliphatic carbocycles. The van der Waals surface area contributed by atoms with Gasteiger partial charge in [0.25, 0.3) is 0 Å². The maximum atomic E-state index is 14.0. The molecule has 0 bridgehead atoms. The van der Waals surface area contributed by atoms with Gasteiger partial charge in [-0.15, -0.1) is 5.10 Å². The van der Waals surface area contributed by atoms with Crippen LogP contribution in [0.3, 0.4) is 0 Å². The van der Waals surface area contributed by atoms with Gasteiger partial charge in [0, 0.05) is 136 Å². The van der Waals surface area contributed by atoms with E-state index in [1.54, 1.807) is 51.0 Å². The van der Waals surface area contributed by atoms with Crippen LogP contribution in [0.2, 0.25) is 0 Å². The summed E-state index contributed by atoms with van der Waals surface area (Å²) in [6.45, 7) is 10.1. The van der Waals surface area contributed by atoms with E-state index in [4.69, 9.17) is 41.3 Å². The number of carbonyl (C=O) groups is 4. The Morgan fingerprint density at radius 2 is 1.02 bits per heavy atom. The predicted molar refractivity (Wildman–Crippen MR) is 389 cm³/mol. The number of carbonyl (C=O) groups excluding carboxylic acids is 4. The van der Waals surface area contributed by atoms with E-state index in [0.717, 1.165) is 51.0 Å². The van der Waals surface area contributed by atoms with Crippen LogP contribution in [0, 0.1) is 35.5 Å². The Balaban J connectivity index is 0.000000172. The monoisotopic (exact) mass is 1360 g/mol. The van der Waals surface area contributed by atoms with Crippen LogP contribution in [-0.2, 0) is 26.2 Å². The van der Waals surface area contributed by atoms with Crippen LogP contribution in [0.4, 0.5) is 22.7 Å². The number of amidine groups is 1. The minimum Gasteiger partial charge on any atom is -0.441 e. The first-order valence-electron chi connectivity index (χ1n) is 33.9. The van der Waals surface area contributed by atoms with Crippen LogP contribution in [-0.4, -0.2) is 172 Å². The highest BCUT2D eigenvalue weighted by atomic mass is 16.4. The molecule has 516 valence electrons. The van der Waals surface area contributed by atoms with Gasteiger partial charge in [0.1, 0.15) is 23.2 Å². The van der Waals surface area contributed by atoms with Crippen LogP contribution < -0.4 is 32.8 Å². The van der Waals surface area contributed by atoms with Gasteiger partial charge in [-0.25, -0.2) is 19.8 Å². The van der Waals surface area contributed by atoms with Crippen molar-refractivity contribution in [2.75, 3.05) is 107 Å². The number of nitrogens with two attached hydrogens (primary N) is 3. The quantitative estimate of drug-likeness (QED) is 0.0365. The smallest absolute Gasteiger partial charge is 0.437 e. The number of amides is 4. The fraction of sp³-hybridized carbons (Fsp3) is 0.316. The zero-order valence-electron chi connectivity index (χ0n) is 56.9. The highest BCUT2D eigenvalue weighted by molar-refractivity contribution is 6.17. The molecule has 9 heterocycles. The summed E-state index contributed by atoms with van der Waals surface area (Å²) in [6, 6.07) is 37.4. The molecule has 25 nitrogen and oxygen atoms in total. The van der Waals surface area contributed by atoms with Crippen LogP contribution >= 0.6 is 0 Å². The topological polar surface area (TPSA) is 338 Å². The first-order chi connectivity index (χ1) is 48.7. The lowest BCUT2D eigenvalue weighted by Gasteiger charge is -2.29. The summed E-state index contributed by atoms with van der Waals surface area (Å²) in [6.07, 6.45) is 9.98. The maximum Gasteiger partial charge on any atom is 0.437 e. The Kier molecular flexibility index (Phi) is 18.1. The lowest BCUT2D eigenvalue weighted by molar-refractivity contribution is -0.133. The molecule has 4 amide bonds. The summed E-state index contributed by atoms with van der Waals surface area (Å²) < 4.78 is 17.5. The Morgan fingerprint density at radius 3 is 1.46 bits per heavy atom. The average molecular weight is 1360 g/mol. The van der Waals surface area contributed by atoms with Crippen LogP contribution in [0.1, 0.15) is 89.3 Å². The summed E-state index contributed by atoms with van der Waals surface area (Å²) >= 11 is 0. The van der Waals surface area contributed by atoms with Crippen LogP contribution in [0.15, 0.2) is 162 Å². The number of hydrogen-bond donors (Lipinski definition) is 5. The molecule has 9 aromatic rings. The first-order valence-corrected chi connectivity index (χ1v) is 33.9. The van der Waals surface area contributed by atoms with E-state index in [1.165, 1.54) is 11.9 Å². The molecule has 0 saturated carbocycles. The molecular weight excluding hydrogens is 1280 g/mol. The van der Waals surface area contributed by atoms with Gasteiger partial charge in [0.2, 0.25) is 29.5 Å². The summed E-state index contributed by atoms with van der Waals surface area (Å²) in [4.78, 5) is 94.8. The van der Waals surface area contributed by atoms with E-state index in [0.29, 0.717) is 177 Å². The third-order valence-corrected chi connectivity index (χ3v) is 20.6. The SMILES string of the molecule is CN=CN=C(N)c1ccc(C2=CCN(C(=O)CN3CC[C@]4(CCN(c5ccc(N)c(C(=N)c6ccc7oc(C)nc7c6)c5)C4=O)C3)CC2)cc1.Cc1nc2cc(C(=N)c3cc(N4CC[C@]5(CCN(CC(=O)N6CC=C(c7ccc(-c8nn(C)c(=O)o8)cc7)CC6)C5)C4=O)ccc3N)ccc2o1. The van der Waals surface area contributed by atoms with E-state index >= 15 is 0 Å². The Labute approximate surface area is 582 Å². The summed E-state index contributed by atoms with van der Waals surface area (Å²) in [7, 11) is 3.19. The molecule has 101 heavy (non-hydrogen) atoms. The molecule has 6 aliphatic rings. The molecular formula is C76H79N17O8. The number of aliphatic imine (C=N–C) groups is 2. The predicted octanol–water partition coefficient (Wildman–Crippen LogP) is 8.48. The molecule has 0 radical (unpaired) electrons. The number of nitrogens with zero attached hydrogens (tertiary/aromatic N) is 12. The number of fused-ring (bicyclic) bond motifs is 2. The molecule has 15 rings (SSSR count). The number of aryl methyl sites for hydroxylation is 3. The third-order valence-electron chi connectivity index (χ3n) is 20.6. The molecule has 8 N–H and O–H groups in total. The average Bonchev–Trinajstić information content (AvgIpc) is 1.62. The summed E-state index contributed by atoms with van der Waals surface area (Å²) in [5, 5.41) is 22.0. The standard InChI is InChI=1S/C38H41N9O3.C38H38N8O5/c1-24-44-32-19-28(7-10-33(32)50-24)35(40)30-20-29(8-9-31(30)39)47-18-14-38(37(47)49)13-17-45(22-38)21-34(48)46-15-11-26(12-16-46)25-3-5-27(6-4-25)36(41)43-23-42-2;1-23-41-31-19-27(7-10-32(31)50-23)34(40)29-20-28(8-9-30(29)39)46-18-14-38(36(46)48)13-17-44(22-38)21-33(47)45-15-11-25(12-16-45)24-3-5-26(6-4-24)35-42-43(2)37(49)51-35/h3-11,19-20,23,40H,12-18,21-22,39H2,1-2H3,(H2,41,42,43);3-11,19-20,40H,12-18,21-22,39H2,1-2H3/t2*38-/m00/s1. The fourth-order valence-electron chi connectivity index (χ4n) is 14.9. The van der Waals surface area contributed by atoms with Crippen molar-refractivity contribution in [3.05, 3.63) is 195 Å². The van der Waals surface area contributed by atoms with Crippen molar-refractivity contribution >= 4 is 103 Å². The number of likely N-dealkylation sites (tertiary alicyclic amines) is 2. The van der Waals surface area contributed by atoms with Crippen molar-refractivity contribution in [1.82, 2.24) is 39.3 Å². The highest BCUT2D eigenvalue weighted by Gasteiger charge is 2.53. The zero-order valence-corrected chi connectivity index (χ0v) is 56.9. The second-order valence-electron chi connectivity index (χ2n) is 27.0. The van der Waals surface area contributed by atoms with Crippen molar-refractivity contribution in [3.8, 4) is 11.5 Å². The van der Waals surface area contributed by atoms with E-state index in [2.05, 4.69) is 47.0 Å². The van der Waals surface area contributed by atoms with Crippen LogP contribution in [0.5, 0.6) is 0 Å². The molecule has 0 unspecified atom stereocenters. The third kappa shape index (κ3) is 13.4. The van der Waals surface area contributed by atoms with Gasteiger partial charge in [0.15, 0.2) is 22.9 Å². The number of nitrogen functional groups attached to an aromatic ring is 2. The second kappa shape index (κ2) is 27.3. The summed E-state index contributed by atoms with van der Waals surface area (Å²) in [5.74, 6) is 1.58. The zero-order chi connectivity index (χ0) is 70.4. The van der Waals surface area contributed by atoms with Crippen molar-refractivity contribution in [2.24, 2.45) is 33.6 Å². The maximum absolute atomic E-state index is 14.0. The van der Waals surface area contributed by atoms with Crippen molar-refractivity contribution < 1.29 is 32.4 Å². The Morgan fingerprint density at radius 1 is 0.574 bits per heavy atom. The largest absolute Gasteiger partial charge is 0.441 e. The lowest BCUT2D eigenvalue weighted by Crippen LogP contribution is -2.43. The minimum atomic E-state index is -0.538. The molecule has 2 atom stereocenters. The van der Waals surface area contributed by atoms with Crippen molar-refractivity contribution in [3.63, 3.8) is 0 Å². The molecule has 4 fully saturated rings. The van der Waals surface area contributed by atoms with E-state index in [9.17, 15) is 24.0 Å². The number of benzene rings is 6. The molecule has 25 heteroatoms. The van der Waals surface area contributed by atoms with Gasteiger partial charge < -0.3 is 50.1 Å². The minimum absolute atomic E-state index is 0.0564.